The van der Waals surface area contributed by atoms with Gasteiger partial charge in [-0.1, -0.05) is 50.3 Å². The number of para-hydroxylation sites is 1. The Morgan fingerprint density at radius 1 is 1.22 bits per heavy atom. The van der Waals surface area contributed by atoms with Gasteiger partial charge in [0.1, 0.15) is 0 Å². The van der Waals surface area contributed by atoms with Gasteiger partial charge in [0.15, 0.2) is 0 Å². The molecule has 1 saturated carbocycles. The van der Waals surface area contributed by atoms with Crippen molar-refractivity contribution in [3.05, 3.63) is 29.8 Å². The van der Waals surface area contributed by atoms with E-state index in [2.05, 4.69) is 29.6 Å². The highest BCUT2D eigenvalue weighted by Crippen LogP contribution is 2.29. The molecular formula is C16H24ClN. The van der Waals surface area contributed by atoms with E-state index in [4.69, 9.17) is 11.6 Å². The van der Waals surface area contributed by atoms with E-state index in [-0.39, 0.29) is 5.38 Å². The summed E-state index contributed by atoms with van der Waals surface area (Å²) in [6, 6.07) is 8.38. The summed E-state index contributed by atoms with van der Waals surface area (Å²) in [7, 11) is 0. The average molecular weight is 266 g/mol. The van der Waals surface area contributed by atoms with Gasteiger partial charge in [0.25, 0.3) is 0 Å². The lowest BCUT2D eigenvalue weighted by molar-refractivity contribution is 0.345. The predicted molar refractivity (Wildman–Crippen MR) is 80.4 cm³/mol. The highest BCUT2D eigenvalue weighted by molar-refractivity contribution is 6.21. The van der Waals surface area contributed by atoms with Crippen LogP contribution in [-0.2, 0) is 0 Å². The molecule has 0 aromatic heterocycles. The molecule has 1 nitrogen and oxygen atoms in total. The van der Waals surface area contributed by atoms with Crippen molar-refractivity contribution in [2.45, 2.75) is 50.8 Å². The first-order chi connectivity index (χ1) is 8.77. The molecule has 1 fully saturated rings. The van der Waals surface area contributed by atoms with E-state index in [0.717, 1.165) is 12.5 Å². The highest BCUT2D eigenvalue weighted by atomic mass is 35.5. The minimum Gasteiger partial charge on any atom is -0.385 e. The summed E-state index contributed by atoms with van der Waals surface area (Å²) >= 11 is 6.20. The lowest BCUT2D eigenvalue weighted by atomic mass is 9.87. The maximum Gasteiger partial charge on any atom is 0.0577 e. The Kier molecular flexibility index (Phi) is 5.37. The molecule has 1 aliphatic carbocycles. The number of hydrogen-bond acceptors (Lipinski definition) is 1. The molecule has 2 rings (SSSR count). The minimum atomic E-state index is 0.0726. The largest absolute Gasteiger partial charge is 0.385 e. The van der Waals surface area contributed by atoms with Gasteiger partial charge in [-0.25, -0.2) is 0 Å². The van der Waals surface area contributed by atoms with E-state index < -0.39 is 0 Å². The van der Waals surface area contributed by atoms with Gasteiger partial charge >= 0.3 is 0 Å². The van der Waals surface area contributed by atoms with E-state index in [1.807, 2.05) is 6.92 Å². The minimum absolute atomic E-state index is 0.0726. The molecule has 1 aromatic carbocycles. The predicted octanol–water partition coefficient (Wildman–Crippen LogP) is 5.37. The van der Waals surface area contributed by atoms with Gasteiger partial charge < -0.3 is 5.32 Å². The van der Waals surface area contributed by atoms with Gasteiger partial charge in [0.2, 0.25) is 0 Å². The second-order valence-corrected chi connectivity index (χ2v) is 6.08. The van der Waals surface area contributed by atoms with Gasteiger partial charge in [-0.15, -0.1) is 11.6 Å². The number of alkyl halides is 1. The molecule has 1 aliphatic rings. The molecule has 1 unspecified atom stereocenters. The summed E-state index contributed by atoms with van der Waals surface area (Å²) in [5.74, 6) is 0.937. The number of anilines is 1. The van der Waals surface area contributed by atoms with Crippen molar-refractivity contribution < 1.29 is 0 Å². The van der Waals surface area contributed by atoms with E-state index in [0.29, 0.717) is 0 Å². The Balaban J connectivity index is 1.82. The maximum absolute atomic E-state index is 6.20. The maximum atomic E-state index is 6.20. The van der Waals surface area contributed by atoms with Crippen LogP contribution in [0.2, 0.25) is 0 Å². The molecule has 0 saturated heterocycles. The normalized spacial score (nSPS) is 18.6. The second kappa shape index (κ2) is 7.04. The van der Waals surface area contributed by atoms with Gasteiger partial charge in [-0.2, -0.15) is 0 Å². The molecule has 2 heteroatoms. The van der Waals surface area contributed by atoms with E-state index in [1.165, 1.54) is 49.8 Å². The summed E-state index contributed by atoms with van der Waals surface area (Å²) in [4.78, 5) is 0. The van der Waals surface area contributed by atoms with Gasteiger partial charge in [0, 0.05) is 12.2 Å². The van der Waals surface area contributed by atoms with E-state index >= 15 is 0 Å². The quantitative estimate of drug-likeness (QED) is 0.706. The third-order valence-corrected chi connectivity index (χ3v) is 4.22. The molecule has 1 atom stereocenters. The molecular weight excluding hydrogens is 242 g/mol. The Labute approximate surface area is 116 Å². The van der Waals surface area contributed by atoms with Crippen molar-refractivity contribution >= 4 is 17.3 Å². The zero-order chi connectivity index (χ0) is 12.8. The van der Waals surface area contributed by atoms with Crippen LogP contribution < -0.4 is 5.32 Å². The van der Waals surface area contributed by atoms with Crippen LogP contribution in [0, 0.1) is 5.92 Å². The van der Waals surface area contributed by atoms with Crippen molar-refractivity contribution in [1.82, 2.24) is 0 Å². The lowest BCUT2D eigenvalue weighted by Gasteiger charge is -2.22. The molecule has 100 valence electrons. The van der Waals surface area contributed by atoms with Gasteiger partial charge in [-0.3, -0.25) is 0 Å². The smallest absolute Gasteiger partial charge is 0.0577 e. The monoisotopic (exact) mass is 265 g/mol. The summed E-state index contributed by atoms with van der Waals surface area (Å²) in [5.41, 5.74) is 2.42. The van der Waals surface area contributed by atoms with Crippen molar-refractivity contribution in [2.24, 2.45) is 5.92 Å². The zero-order valence-corrected chi connectivity index (χ0v) is 12.0. The molecule has 0 bridgehead atoms. The number of halogens is 1. The van der Waals surface area contributed by atoms with Crippen LogP contribution in [0.3, 0.4) is 0 Å². The average Bonchev–Trinajstić information content (AvgIpc) is 2.40. The molecule has 0 spiro atoms. The lowest BCUT2D eigenvalue weighted by Crippen LogP contribution is -2.12. The van der Waals surface area contributed by atoms with Gasteiger partial charge in [-0.05, 0) is 30.9 Å². The van der Waals surface area contributed by atoms with Crippen molar-refractivity contribution in [2.75, 3.05) is 11.9 Å². The molecule has 18 heavy (non-hydrogen) atoms. The van der Waals surface area contributed by atoms with Gasteiger partial charge in [0.05, 0.1) is 5.38 Å². The topological polar surface area (TPSA) is 12.0 Å². The van der Waals surface area contributed by atoms with Crippen molar-refractivity contribution in [3.63, 3.8) is 0 Å². The van der Waals surface area contributed by atoms with E-state index in [9.17, 15) is 0 Å². The molecule has 0 radical (unpaired) electrons. The third kappa shape index (κ3) is 3.91. The van der Waals surface area contributed by atoms with Crippen LogP contribution in [-0.4, -0.2) is 6.54 Å². The fourth-order valence-corrected chi connectivity index (χ4v) is 3.08. The summed E-state index contributed by atoms with van der Waals surface area (Å²) in [6.45, 7) is 3.11. The summed E-state index contributed by atoms with van der Waals surface area (Å²) < 4.78 is 0. The number of hydrogen-bond donors (Lipinski definition) is 1. The zero-order valence-electron chi connectivity index (χ0n) is 11.3. The first-order valence-corrected chi connectivity index (χ1v) is 7.68. The Morgan fingerprint density at radius 3 is 2.67 bits per heavy atom. The Morgan fingerprint density at radius 2 is 1.94 bits per heavy atom. The van der Waals surface area contributed by atoms with Crippen LogP contribution in [0.1, 0.15) is 56.4 Å². The fourth-order valence-electron chi connectivity index (χ4n) is 2.89. The second-order valence-electron chi connectivity index (χ2n) is 5.42. The standard InChI is InChI=1S/C16H24ClN/c1-13(17)15-9-5-6-10-16(15)18-12-11-14-7-3-2-4-8-14/h5-6,9-10,13-14,18H,2-4,7-8,11-12H2,1H3. The Hall–Kier alpha value is -0.690. The van der Waals surface area contributed by atoms with Crippen LogP contribution in [0.15, 0.2) is 24.3 Å². The first-order valence-electron chi connectivity index (χ1n) is 7.24. The van der Waals surface area contributed by atoms with E-state index in [1.54, 1.807) is 0 Å². The summed E-state index contributed by atoms with van der Waals surface area (Å²) in [5, 5.41) is 3.63. The number of benzene rings is 1. The number of nitrogens with one attached hydrogen (secondary N) is 1. The molecule has 0 heterocycles. The van der Waals surface area contributed by atoms with Crippen molar-refractivity contribution in [1.29, 1.82) is 0 Å². The molecule has 1 N–H and O–H groups in total. The molecule has 0 aliphatic heterocycles. The highest BCUT2D eigenvalue weighted by Gasteiger charge is 2.13. The molecule has 1 aromatic rings. The van der Waals surface area contributed by atoms with Crippen LogP contribution in [0.5, 0.6) is 0 Å². The van der Waals surface area contributed by atoms with Crippen LogP contribution >= 0.6 is 11.6 Å². The molecule has 0 amide bonds. The van der Waals surface area contributed by atoms with Crippen LogP contribution in [0.4, 0.5) is 5.69 Å². The Bertz CT molecular complexity index is 356. The SMILES string of the molecule is CC(Cl)c1ccccc1NCCC1CCCCC1. The third-order valence-electron chi connectivity index (χ3n) is 3.98. The fraction of sp³-hybridized carbons (Fsp3) is 0.625. The number of rotatable bonds is 5. The summed E-state index contributed by atoms with van der Waals surface area (Å²) in [6.07, 6.45) is 8.45. The van der Waals surface area contributed by atoms with Crippen molar-refractivity contribution in [3.8, 4) is 0 Å². The van der Waals surface area contributed by atoms with Crippen LogP contribution in [0.25, 0.3) is 0 Å². The first kappa shape index (κ1) is 13.7.